The highest BCUT2D eigenvalue weighted by atomic mass is 32.2. The molecule has 0 radical (unpaired) electrons. The highest BCUT2D eigenvalue weighted by Gasteiger charge is 2.35. The predicted molar refractivity (Wildman–Crippen MR) is 217 cm³/mol. The van der Waals surface area contributed by atoms with Crippen LogP contribution in [0.15, 0.2) is 93.2 Å². The maximum atomic E-state index is 14.7. The van der Waals surface area contributed by atoms with Crippen LogP contribution < -0.4 is 15.0 Å². The number of alkyl halides is 3. The maximum absolute atomic E-state index is 14.7. The Kier molecular flexibility index (Phi) is 13.1. The number of likely N-dealkylation sites (N-methyl/N-ethyl adjacent to an activating group) is 1. The minimum absolute atomic E-state index is 0.0102. The molecule has 1 N–H and O–H groups in total. The third-order valence-corrected chi connectivity index (χ3v) is 12.9. The van der Waals surface area contributed by atoms with Gasteiger partial charge in [-0.2, -0.15) is 13.2 Å². The number of hydrogen-bond donors (Lipinski definition) is 1. The molecule has 0 aliphatic heterocycles. The molecular formula is C40H40F4N6O5S3. The van der Waals surface area contributed by atoms with E-state index in [0.29, 0.717) is 52.8 Å². The Morgan fingerprint density at radius 3 is 2.40 bits per heavy atom. The van der Waals surface area contributed by atoms with Crippen molar-refractivity contribution in [3.8, 4) is 22.0 Å². The second-order valence-corrected chi connectivity index (χ2v) is 17.6. The van der Waals surface area contributed by atoms with Crippen LogP contribution in [-0.4, -0.2) is 79.0 Å². The minimum Gasteiger partial charge on any atom is -0.494 e. The largest absolute Gasteiger partial charge is 0.494 e. The summed E-state index contributed by atoms with van der Waals surface area (Å²) in [7, 11) is -0.517. The molecule has 58 heavy (non-hydrogen) atoms. The fourth-order valence-electron chi connectivity index (χ4n) is 6.32. The lowest BCUT2D eigenvalue weighted by Crippen LogP contribution is -2.43. The Hall–Kier alpha value is -5.01. The van der Waals surface area contributed by atoms with Gasteiger partial charge in [0.2, 0.25) is 15.9 Å². The molecule has 1 unspecified atom stereocenters. The first kappa shape index (κ1) is 42.6. The Morgan fingerprint density at radius 1 is 1.00 bits per heavy atom. The van der Waals surface area contributed by atoms with Crippen molar-refractivity contribution >= 4 is 49.5 Å². The molecule has 3 aromatic heterocycles. The molecule has 6 rings (SSSR count). The van der Waals surface area contributed by atoms with Crippen molar-refractivity contribution in [2.75, 3.05) is 40.3 Å². The smallest absolute Gasteiger partial charge is 0.419 e. The summed E-state index contributed by atoms with van der Waals surface area (Å²) < 4.78 is 92.0. The van der Waals surface area contributed by atoms with E-state index in [2.05, 4.69) is 9.71 Å². The van der Waals surface area contributed by atoms with Crippen molar-refractivity contribution in [2.45, 2.75) is 43.1 Å². The lowest BCUT2D eigenvalue weighted by Gasteiger charge is -2.34. The van der Waals surface area contributed by atoms with Crippen molar-refractivity contribution in [3.05, 3.63) is 122 Å². The number of aryl methyl sites for hydroxylation is 1. The number of thiophene rings is 1. The number of thiazole rings is 1. The van der Waals surface area contributed by atoms with Gasteiger partial charge in [-0.1, -0.05) is 18.2 Å². The fraction of sp³-hybridized carbons (Fsp3) is 0.300. The summed E-state index contributed by atoms with van der Waals surface area (Å²) in [6.07, 6.45) is -5.52. The van der Waals surface area contributed by atoms with Crippen LogP contribution in [-0.2, 0) is 27.4 Å². The zero-order valence-corrected chi connectivity index (χ0v) is 34.4. The summed E-state index contributed by atoms with van der Waals surface area (Å²) in [5, 5.41) is 2.96. The number of benzene rings is 3. The minimum atomic E-state index is -4.93. The zero-order chi connectivity index (χ0) is 41.8. The van der Waals surface area contributed by atoms with Crippen LogP contribution in [0.5, 0.6) is 5.75 Å². The predicted octanol–water partition coefficient (Wildman–Crippen LogP) is 7.48. The quantitative estimate of drug-likeness (QED) is 0.0994. The molecule has 0 bridgehead atoms. The van der Waals surface area contributed by atoms with E-state index < -0.39 is 51.5 Å². The molecule has 1 atom stereocenters. The van der Waals surface area contributed by atoms with E-state index in [1.807, 2.05) is 24.1 Å². The maximum Gasteiger partial charge on any atom is 0.419 e. The molecule has 6 aromatic rings. The van der Waals surface area contributed by atoms with Gasteiger partial charge >= 0.3 is 6.18 Å². The van der Waals surface area contributed by atoms with Crippen molar-refractivity contribution in [1.29, 1.82) is 0 Å². The normalized spacial score (nSPS) is 12.6. The molecule has 0 aliphatic carbocycles. The molecule has 0 spiro atoms. The third-order valence-electron chi connectivity index (χ3n) is 9.11. The van der Waals surface area contributed by atoms with Gasteiger partial charge in [-0.05, 0) is 101 Å². The number of rotatable bonds is 16. The summed E-state index contributed by atoms with van der Waals surface area (Å²) in [6, 6.07) is 17.8. The van der Waals surface area contributed by atoms with Crippen LogP contribution >= 0.6 is 22.7 Å². The molecule has 11 nitrogen and oxygen atoms in total. The second kappa shape index (κ2) is 17.9. The van der Waals surface area contributed by atoms with Gasteiger partial charge in [0.1, 0.15) is 21.6 Å². The molecule has 1 amide bonds. The monoisotopic (exact) mass is 856 g/mol. The lowest BCUT2D eigenvalue weighted by molar-refractivity contribution is -0.140. The summed E-state index contributed by atoms with van der Waals surface area (Å²) in [6.45, 7) is 4.20. The van der Waals surface area contributed by atoms with Crippen molar-refractivity contribution in [2.24, 2.45) is 0 Å². The number of nitrogens with zero attached hydrogens (tertiary/aromatic N) is 5. The summed E-state index contributed by atoms with van der Waals surface area (Å²) in [5.74, 6) is -1.48. The Morgan fingerprint density at radius 2 is 1.74 bits per heavy atom. The van der Waals surface area contributed by atoms with Crippen LogP contribution in [0.1, 0.15) is 41.3 Å². The molecule has 3 heterocycles. The van der Waals surface area contributed by atoms with Crippen LogP contribution in [0, 0.1) is 12.7 Å². The molecule has 0 saturated heterocycles. The molecule has 3 aromatic carbocycles. The van der Waals surface area contributed by atoms with E-state index in [9.17, 15) is 35.6 Å². The lowest BCUT2D eigenvalue weighted by atomic mass is 10.0. The number of carbonyl (C=O) groups is 1. The van der Waals surface area contributed by atoms with Crippen LogP contribution in [0.2, 0.25) is 0 Å². The van der Waals surface area contributed by atoms with Gasteiger partial charge in [-0.25, -0.2) is 27.5 Å². The molecule has 0 fully saturated rings. The Labute approximate surface area is 340 Å². The number of para-hydroxylation sites is 1. The third kappa shape index (κ3) is 9.81. The fourth-order valence-corrected chi connectivity index (χ4v) is 9.37. The average molecular weight is 857 g/mol. The number of amides is 1. The topological polar surface area (TPSA) is 127 Å². The van der Waals surface area contributed by atoms with Gasteiger partial charge in [-0.15, -0.1) is 22.7 Å². The van der Waals surface area contributed by atoms with Crippen LogP contribution in [0.25, 0.3) is 27.2 Å². The first-order chi connectivity index (χ1) is 27.5. The van der Waals surface area contributed by atoms with Gasteiger partial charge in [0.05, 0.1) is 56.8 Å². The van der Waals surface area contributed by atoms with Gasteiger partial charge < -0.3 is 14.5 Å². The van der Waals surface area contributed by atoms with E-state index in [4.69, 9.17) is 9.72 Å². The number of ether oxygens (including phenoxy) is 1. The summed E-state index contributed by atoms with van der Waals surface area (Å²) >= 11 is 2.49. The first-order valence-corrected chi connectivity index (χ1v) is 21.3. The van der Waals surface area contributed by atoms with Gasteiger partial charge in [-0.3, -0.25) is 14.2 Å². The molecule has 18 heteroatoms. The van der Waals surface area contributed by atoms with Gasteiger partial charge in [0, 0.05) is 25.0 Å². The van der Waals surface area contributed by atoms with Crippen LogP contribution in [0.3, 0.4) is 0 Å². The van der Waals surface area contributed by atoms with Gasteiger partial charge in [0.15, 0.2) is 0 Å². The number of aromatic nitrogens is 3. The highest BCUT2D eigenvalue weighted by Crippen LogP contribution is 2.34. The van der Waals surface area contributed by atoms with E-state index in [0.717, 1.165) is 22.4 Å². The number of fused-ring (bicyclic) bond motifs is 1. The number of carbonyl (C=O) groups excluding carboxylic acids is 1. The number of nitrogens with one attached hydrogen (secondary N) is 1. The van der Waals surface area contributed by atoms with Crippen molar-refractivity contribution < 1.29 is 35.5 Å². The van der Waals surface area contributed by atoms with E-state index in [-0.39, 0.29) is 40.5 Å². The molecule has 0 saturated carbocycles. The number of hydrogen-bond acceptors (Lipinski definition) is 10. The molecular weight excluding hydrogens is 817 g/mol. The Balaban J connectivity index is 1.44. The second-order valence-electron chi connectivity index (χ2n) is 13.5. The highest BCUT2D eigenvalue weighted by molar-refractivity contribution is 7.91. The SMILES string of the molecule is CCOc1ccc(-n2c(C(CCNS(=O)(=O)c3ccc(-c4csc(C)n4)s3)N(CCN(C)C)C(=O)Cc3ccc(C(F)(F)F)c(F)c3)nc3ccccc3c2=O)cc1. The van der Waals surface area contributed by atoms with Crippen molar-refractivity contribution in [3.63, 3.8) is 0 Å². The van der Waals surface area contributed by atoms with Gasteiger partial charge in [0.25, 0.3) is 5.56 Å². The molecule has 0 aliphatic rings. The summed E-state index contributed by atoms with van der Waals surface area (Å²) in [4.78, 5) is 42.2. The van der Waals surface area contributed by atoms with E-state index in [1.165, 1.54) is 26.9 Å². The summed E-state index contributed by atoms with van der Waals surface area (Å²) in [5.41, 5.74) is -0.555. The van der Waals surface area contributed by atoms with E-state index >= 15 is 0 Å². The van der Waals surface area contributed by atoms with Crippen molar-refractivity contribution in [1.82, 2.24) is 29.1 Å². The molecule has 306 valence electrons. The standard InChI is InChI=1S/C40H40F4N6O5S3/c1-5-55-28-13-11-27(12-14-28)50-38(47-32-9-7-6-8-29(32)39(50)52)34(18-19-45-58(53,54)37-17-16-35(57-37)33-24-56-25(2)46-33)49(21-20-48(3)4)36(51)23-26-10-15-30(31(41)22-26)40(42,43)44/h6-17,22,24,34,45H,5,18-21,23H2,1-4H3. The first-order valence-electron chi connectivity index (χ1n) is 18.1. The number of halogens is 4. The zero-order valence-electron chi connectivity index (χ0n) is 31.9. The Bertz CT molecular complexity index is 2570. The van der Waals surface area contributed by atoms with Crippen LogP contribution in [0.4, 0.5) is 17.6 Å². The number of sulfonamides is 1. The van der Waals surface area contributed by atoms with E-state index in [1.54, 1.807) is 68.7 Å². The average Bonchev–Trinajstić information content (AvgIpc) is 3.84.